The average molecular weight is 362 g/mol. The third kappa shape index (κ3) is 4.50. The Hall–Kier alpha value is -3.10. The molecular weight excluding hydrogens is 344 g/mol. The van der Waals surface area contributed by atoms with E-state index in [0.717, 1.165) is 10.4 Å². The largest absolute Gasteiger partial charge is 0.484 e. The highest BCUT2D eigenvalue weighted by molar-refractivity contribution is 7.10. The van der Waals surface area contributed by atoms with E-state index in [-0.39, 0.29) is 18.6 Å². The highest BCUT2D eigenvalue weighted by atomic mass is 32.1. The van der Waals surface area contributed by atoms with E-state index in [1.165, 1.54) is 5.56 Å². The average Bonchev–Trinajstić information content (AvgIpc) is 3.20. The zero-order chi connectivity index (χ0) is 18.4. The second-order valence-corrected chi connectivity index (χ2v) is 6.83. The molecule has 2 aromatic carbocycles. The lowest BCUT2D eigenvalue weighted by molar-refractivity contribution is -0.123. The minimum atomic E-state index is -0.216. The molecule has 0 saturated carbocycles. The van der Waals surface area contributed by atoms with Crippen LogP contribution in [0.15, 0.2) is 66.0 Å². The standard InChI is InChI=1S/C21H18N2O2S/c1-15-7-9-17(10-8-15)21(19-6-3-11-26-19)23-20(24)14-25-18-5-2-4-16(12-18)13-22/h2-12,21H,14H2,1H3,(H,23,24)/t21-/m0/s1. The second kappa shape index (κ2) is 8.32. The monoisotopic (exact) mass is 362 g/mol. The molecule has 5 heteroatoms. The van der Waals surface area contributed by atoms with Crippen molar-refractivity contribution in [3.63, 3.8) is 0 Å². The number of amides is 1. The highest BCUT2D eigenvalue weighted by Gasteiger charge is 2.18. The molecule has 1 atom stereocenters. The van der Waals surface area contributed by atoms with E-state index in [0.29, 0.717) is 11.3 Å². The van der Waals surface area contributed by atoms with Crippen LogP contribution in [0.1, 0.15) is 27.6 Å². The number of rotatable bonds is 6. The maximum absolute atomic E-state index is 12.4. The Bertz CT molecular complexity index is 912. The Morgan fingerprint density at radius 1 is 1.19 bits per heavy atom. The van der Waals surface area contributed by atoms with Crippen LogP contribution >= 0.6 is 11.3 Å². The van der Waals surface area contributed by atoms with Crippen LogP contribution in [0.25, 0.3) is 0 Å². The van der Waals surface area contributed by atoms with Crippen LogP contribution in [-0.2, 0) is 4.79 Å². The fraction of sp³-hybridized carbons (Fsp3) is 0.143. The smallest absolute Gasteiger partial charge is 0.258 e. The van der Waals surface area contributed by atoms with Crippen molar-refractivity contribution in [2.45, 2.75) is 13.0 Å². The Morgan fingerprint density at radius 2 is 2.00 bits per heavy atom. The van der Waals surface area contributed by atoms with Gasteiger partial charge in [-0.1, -0.05) is 42.0 Å². The lowest BCUT2D eigenvalue weighted by Gasteiger charge is -2.18. The molecular formula is C21H18N2O2S. The van der Waals surface area contributed by atoms with E-state index in [4.69, 9.17) is 10.00 Å². The fourth-order valence-corrected chi connectivity index (χ4v) is 3.34. The first-order chi connectivity index (χ1) is 12.7. The first kappa shape index (κ1) is 17.7. The molecule has 0 spiro atoms. The van der Waals surface area contributed by atoms with Gasteiger partial charge in [-0.05, 0) is 42.1 Å². The van der Waals surface area contributed by atoms with Crippen molar-refractivity contribution in [1.82, 2.24) is 5.32 Å². The van der Waals surface area contributed by atoms with Crippen LogP contribution in [0, 0.1) is 18.3 Å². The molecule has 1 N–H and O–H groups in total. The molecule has 130 valence electrons. The van der Waals surface area contributed by atoms with Crippen molar-refractivity contribution in [2.24, 2.45) is 0 Å². The van der Waals surface area contributed by atoms with Crippen molar-refractivity contribution < 1.29 is 9.53 Å². The third-order valence-corrected chi connectivity index (χ3v) is 4.81. The summed E-state index contributed by atoms with van der Waals surface area (Å²) < 4.78 is 5.52. The number of ether oxygens (including phenoxy) is 1. The zero-order valence-electron chi connectivity index (χ0n) is 14.3. The quantitative estimate of drug-likeness (QED) is 0.714. The summed E-state index contributed by atoms with van der Waals surface area (Å²) in [6.07, 6.45) is 0. The van der Waals surface area contributed by atoms with Gasteiger partial charge in [-0.25, -0.2) is 0 Å². The number of nitrogens with one attached hydrogen (secondary N) is 1. The van der Waals surface area contributed by atoms with Gasteiger partial charge in [-0.2, -0.15) is 5.26 Å². The van der Waals surface area contributed by atoms with Gasteiger partial charge in [0.15, 0.2) is 6.61 Å². The number of carbonyl (C=O) groups is 1. The first-order valence-electron chi connectivity index (χ1n) is 8.18. The Balaban J connectivity index is 1.69. The number of nitrogens with zero attached hydrogens (tertiary/aromatic N) is 1. The molecule has 26 heavy (non-hydrogen) atoms. The number of hydrogen-bond donors (Lipinski definition) is 1. The lowest BCUT2D eigenvalue weighted by Crippen LogP contribution is -2.32. The minimum Gasteiger partial charge on any atom is -0.484 e. The van der Waals surface area contributed by atoms with Crippen LogP contribution in [0.3, 0.4) is 0 Å². The van der Waals surface area contributed by atoms with Crippen LogP contribution in [-0.4, -0.2) is 12.5 Å². The number of carbonyl (C=O) groups excluding carboxylic acids is 1. The first-order valence-corrected chi connectivity index (χ1v) is 9.06. The maximum atomic E-state index is 12.4. The summed E-state index contributed by atoms with van der Waals surface area (Å²) in [4.78, 5) is 13.5. The molecule has 1 heterocycles. The molecule has 1 aromatic heterocycles. The van der Waals surface area contributed by atoms with Gasteiger partial charge in [0.05, 0.1) is 17.7 Å². The second-order valence-electron chi connectivity index (χ2n) is 5.85. The maximum Gasteiger partial charge on any atom is 0.258 e. The molecule has 0 unspecified atom stereocenters. The summed E-state index contributed by atoms with van der Waals surface area (Å²) >= 11 is 1.60. The van der Waals surface area contributed by atoms with Crippen LogP contribution < -0.4 is 10.1 Å². The van der Waals surface area contributed by atoms with E-state index >= 15 is 0 Å². The minimum absolute atomic E-state index is 0.109. The van der Waals surface area contributed by atoms with Crippen LogP contribution in [0.4, 0.5) is 0 Å². The van der Waals surface area contributed by atoms with Gasteiger partial charge in [0, 0.05) is 4.88 Å². The molecule has 3 aromatic rings. The Morgan fingerprint density at radius 3 is 2.69 bits per heavy atom. The molecule has 0 bridgehead atoms. The summed E-state index contributed by atoms with van der Waals surface area (Å²) in [7, 11) is 0. The highest BCUT2D eigenvalue weighted by Crippen LogP contribution is 2.26. The molecule has 1 amide bonds. The van der Waals surface area contributed by atoms with E-state index in [2.05, 4.69) is 11.4 Å². The molecule has 0 aliphatic rings. The number of aryl methyl sites for hydroxylation is 1. The van der Waals surface area contributed by atoms with Crippen molar-refractivity contribution in [3.05, 3.63) is 87.6 Å². The molecule has 3 rings (SSSR count). The Labute approximate surface area is 156 Å². The summed E-state index contributed by atoms with van der Waals surface area (Å²) in [6, 6.07) is 20.7. The van der Waals surface area contributed by atoms with Crippen LogP contribution in [0.2, 0.25) is 0 Å². The normalized spacial score (nSPS) is 11.4. The lowest BCUT2D eigenvalue weighted by atomic mass is 10.0. The van der Waals surface area contributed by atoms with Gasteiger partial charge in [-0.15, -0.1) is 11.3 Å². The SMILES string of the molecule is Cc1ccc([C@H](NC(=O)COc2cccc(C#N)c2)c2cccs2)cc1. The van der Waals surface area contributed by atoms with Crippen molar-refractivity contribution in [3.8, 4) is 11.8 Å². The fourth-order valence-electron chi connectivity index (χ4n) is 2.54. The summed E-state index contributed by atoms with van der Waals surface area (Å²) in [5.41, 5.74) is 2.70. The van der Waals surface area contributed by atoms with Gasteiger partial charge in [0.25, 0.3) is 5.91 Å². The summed E-state index contributed by atoms with van der Waals surface area (Å²) in [6.45, 7) is 1.92. The van der Waals surface area contributed by atoms with Crippen molar-refractivity contribution in [1.29, 1.82) is 5.26 Å². The van der Waals surface area contributed by atoms with Crippen LogP contribution in [0.5, 0.6) is 5.75 Å². The molecule has 0 radical (unpaired) electrons. The molecule has 4 nitrogen and oxygen atoms in total. The third-order valence-electron chi connectivity index (χ3n) is 3.88. The number of thiophene rings is 1. The summed E-state index contributed by atoms with van der Waals surface area (Å²) in [5, 5.41) is 14.0. The number of nitriles is 1. The predicted octanol–water partition coefficient (Wildman–Crippen LogP) is 4.21. The molecule has 0 saturated heterocycles. The predicted molar refractivity (Wildman–Crippen MR) is 102 cm³/mol. The number of benzene rings is 2. The van der Waals surface area contributed by atoms with Gasteiger partial charge < -0.3 is 10.1 Å². The van der Waals surface area contributed by atoms with Crippen molar-refractivity contribution >= 4 is 17.2 Å². The zero-order valence-corrected chi connectivity index (χ0v) is 15.1. The number of hydrogen-bond acceptors (Lipinski definition) is 4. The van der Waals surface area contributed by atoms with E-state index < -0.39 is 0 Å². The topological polar surface area (TPSA) is 62.1 Å². The molecule has 0 fully saturated rings. The van der Waals surface area contributed by atoms with Gasteiger partial charge in [-0.3, -0.25) is 4.79 Å². The molecule has 0 aliphatic carbocycles. The molecule has 0 aliphatic heterocycles. The van der Waals surface area contributed by atoms with Gasteiger partial charge >= 0.3 is 0 Å². The van der Waals surface area contributed by atoms with E-state index in [1.807, 2.05) is 48.7 Å². The Kier molecular flexibility index (Phi) is 5.67. The van der Waals surface area contributed by atoms with Crippen molar-refractivity contribution in [2.75, 3.05) is 6.61 Å². The van der Waals surface area contributed by atoms with E-state index in [9.17, 15) is 4.79 Å². The van der Waals surface area contributed by atoms with Gasteiger partial charge in [0.1, 0.15) is 5.75 Å². The van der Waals surface area contributed by atoms with Gasteiger partial charge in [0.2, 0.25) is 0 Å². The van der Waals surface area contributed by atoms with E-state index in [1.54, 1.807) is 35.6 Å². The summed E-state index contributed by atoms with van der Waals surface area (Å²) in [5.74, 6) is 0.286.